The number of hydrogen-bond donors (Lipinski definition) is 0. The normalized spacial score (nSPS) is 11.1. The maximum atomic E-state index is 13.7. The van der Waals surface area contributed by atoms with E-state index in [-0.39, 0.29) is 29.9 Å². The van der Waals surface area contributed by atoms with Gasteiger partial charge in [-0.15, -0.1) is 0 Å². The first-order chi connectivity index (χ1) is 17.9. The zero-order chi connectivity index (χ0) is 26.1. The van der Waals surface area contributed by atoms with Gasteiger partial charge in [0.05, 0.1) is 30.6 Å². The predicted molar refractivity (Wildman–Crippen MR) is 134 cm³/mol. The van der Waals surface area contributed by atoms with E-state index >= 15 is 0 Å². The van der Waals surface area contributed by atoms with Crippen LogP contribution in [0.5, 0.6) is 5.75 Å². The van der Waals surface area contributed by atoms with Gasteiger partial charge in [-0.1, -0.05) is 24.3 Å². The van der Waals surface area contributed by atoms with Crippen LogP contribution in [0.3, 0.4) is 0 Å². The van der Waals surface area contributed by atoms with Crippen molar-refractivity contribution in [1.29, 1.82) is 0 Å². The summed E-state index contributed by atoms with van der Waals surface area (Å²) in [7, 11) is 1.54. The molecule has 0 amide bonds. The summed E-state index contributed by atoms with van der Waals surface area (Å²) in [6.07, 6.45) is 1.40. The molecule has 0 bridgehead atoms. The number of benzene rings is 3. The summed E-state index contributed by atoms with van der Waals surface area (Å²) < 4.78 is 22.7. The summed E-state index contributed by atoms with van der Waals surface area (Å²) in [5, 5.41) is 11.2. The molecule has 3 aromatic carbocycles. The molecule has 0 aliphatic heterocycles. The minimum Gasteiger partial charge on any atom is -0.497 e. The van der Waals surface area contributed by atoms with Gasteiger partial charge in [-0.2, -0.15) is 0 Å². The Morgan fingerprint density at radius 1 is 0.973 bits per heavy atom. The first kappa shape index (κ1) is 23.7. The average Bonchev–Trinajstić information content (AvgIpc) is 3.31. The molecule has 0 unspecified atom stereocenters. The number of fused-ring (bicyclic) bond motifs is 1. The minimum atomic E-state index is -0.638. The van der Waals surface area contributed by atoms with Crippen LogP contribution in [-0.2, 0) is 13.1 Å². The van der Waals surface area contributed by atoms with E-state index < -0.39 is 22.0 Å². The quantitative estimate of drug-likeness (QED) is 0.249. The molecule has 5 aromatic rings. The van der Waals surface area contributed by atoms with E-state index in [4.69, 9.17) is 4.74 Å². The summed E-state index contributed by atoms with van der Waals surface area (Å²) in [4.78, 5) is 42.3. The number of nitrogens with zero attached hydrogens (tertiary/aromatic N) is 5. The predicted octanol–water partition coefficient (Wildman–Crippen LogP) is 3.50. The third-order valence-corrected chi connectivity index (χ3v) is 5.96. The molecule has 0 fully saturated rings. The van der Waals surface area contributed by atoms with Gasteiger partial charge >= 0.3 is 5.69 Å². The minimum absolute atomic E-state index is 0.0270. The number of rotatable bonds is 7. The zero-order valence-electron chi connectivity index (χ0n) is 19.6. The molecule has 5 rings (SSSR count). The van der Waals surface area contributed by atoms with Crippen LogP contribution in [0, 0.1) is 15.9 Å². The molecule has 0 radical (unpaired) electrons. The van der Waals surface area contributed by atoms with Crippen molar-refractivity contribution >= 4 is 16.9 Å². The van der Waals surface area contributed by atoms with E-state index in [2.05, 4.69) is 4.98 Å². The maximum absolute atomic E-state index is 13.7. The topological polar surface area (TPSA) is 114 Å². The van der Waals surface area contributed by atoms with Gasteiger partial charge in [0.1, 0.15) is 11.6 Å². The Labute approximate surface area is 208 Å². The molecule has 2 heterocycles. The molecule has 0 saturated carbocycles. The number of imidazole rings is 1. The molecule has 0 atom stereocenters. The first-order valence-electron chi connectivity index (χ1n) is 11.2. The van der Waals surface area contributed by atoms with Gasteiger partial charge in [0.15, 0.2) is 11.2 Å². The van der Waals surface area contributed by atoms with Crippen LogP contribution in [0.15, 0.2) is 88.7 Å². The van der Waals surface area contributed by atoms with Crippen molar-refractivity contribution in [2.24, 2.45) is 0 Å². The highest BCUT2D eigenvalue weighted by Gasteiger charge is 2.20. The summed E-state index contributed by atoms with van der Waals surface area (Å²) >= 11 is 0. The van der Waals surface area contributed by atoms with Crippen LogP contribution >= 0.6 is 0 Å². The van der Waals surface area contributed by atoms with E-state index in [1.807, 2.05) is 0 Å². The summed E-state index contributed by atoms with van der Waals surface area (Å²) in [6, 6.07) is 18.3. The number of non-ortho nitro benzene ring substituents is 1. The Hall–Kier alpha value is -5.06. The standard InChI is InChI=1S/C26H20FN5O5/c1-37-22-11-5-17(6-12-22)15-30-25(33)23-24(31(26(30)34)20-9-7-19(27)8-10-20)28-16-29(23)14-18-3-2-4-21(13-18)32(35)36/h2-13,16H,14-15H2,1H3. The van der Waals surface area contributed by atoms with Gasteiger partial charge in [0, 0.05) is 18.7 Å². The van der Waals surface area contributed by atoms with Crippen molar-refractivity contribution in [3.8, 4) is 11.4 Å². The smallest absolute Gasteiger partial charge is 0.337 e. The lowest BCUT2D eigenvalue weighted by Gasteiger charge is -2.13. The van der Waals surface area contributed by atoms with Crippen LogP contribution in [-0.4, -0.2) is 30.7 Å². The Morgan fingerprint density at radius 2 is 1.70 bits per heavy atom. The van der Waals surface area contributed by atoms with Gasteiger partial charge in [0.2, 0.25) is 0 Å². The van der Waals surface area contributed by atoms with Crippen molar-refractivity contribution in [3.05, 3.63) is 127 Å². The van der Waals surface area contributed by atoms with Crippen molar-refractivity contribution < 1.29 is 14.1 Å². The summed E-state index contributed by atoms with van der Waals surface area (Å²) in [5.41, 5.74) is 0.533. The molecule has 11 heteroatoms. The second kappa shape index (κ2) is 9.53. The van der Waals surface area contributed by atoms with Crippen LogP contribution < -0.4 is 16.0 Å². The van der Waals surface area contributed by atoms with Crippen molar-refractivity contribution in [2.75, 3.05) is 7.11 Å². The molecule has 0 saturated heterocycles. The first-order valence-corrected chi connectivity index (χ1v) is 11.2. The largest absolute Gasteiger partial charge is 0.497 e. The molecule has 0 N–H and O–H groups in total. The highest BCUT2D eigenvalue weighted by Crippen LogP contribution is 2.18. The number of aromatic nitrogens is 4. The molecule has 2 aromatic heterocycles. The number of nitro groups is 1. The van der Waals surface area contributed by atoms with E-state index in [1.54, 1.807) is 41.0 Å². The van der Waals surface area contributed by atoms with Gasteiger partial charge in [0.25, 0.3) is 11.2 Å². The molecule has 37 heavy (non-hydrogen) atoms. The third kappa shape index (κ3) is 4.49. The SMILES string of the molecule is COc1ccc(Cn2c(=O)c3c(ncn3Cc3cccc([N+](=O)[O-])c3)n(-c3ccc(F)cc3)c2=O)cc1. The number of nitro benzene ring substituents is 1. The molecule has 0 spiro atoms. The van der Waals surface area contributed by atoms with Crippen molar-refractivity contribution in [2.45, 2.75) is 13.1 Å². The Balaban J connectivity index is 1.70. The van der Waals surface area contributed by atoms with Gasteiger partial charge in [-0.25, -0.2) is 18.7 Å². The van der Waals surface area contributed by atoms with Gasteiger partial charge in [-0.05, 0) is 47.5 Å². The zero-order valence-corrected chi connectivity index (χ0v) is 19.6. The van der Waals surface area contributed by atoms with E-state index in [0.29, 0.717) is 22.6 Å². The lowest BCUT2D eigenvalue weighted by Crippen LogP contribution is -2.40. The number of halogens is 1. The van der Waals surface area contributed by atoms with Crippen LogP contribution in [0.25, 0.3) is 16.9 Å². The Kier molecular flexibility index (Phi) is 6.10. The molecule has 186 valence electrons. The van der Waals surface area contributed by atoms with E-state index in [9.17, 15) is 24.1 Å². The second-order valence-corrected chi connectivity index (χ2v) is 8.31. The number of methoxy groups -OCH3 is 1. The lowest BCUT2D eigenvalue weighted by atomic mass is 10.2. The third-order valence-electron chi connectivity index (χ3n) is 5.96. The van der Waals surface area contributed by atoms with Crippen molar-refractivity contribution in [1.82, 2.24) is 18.7 Å². The van der Waals surface area contributed by atoms with E-state index in [1.165, 1.54) is 54.4 Å². The molecule has 0 aliphatic rings. The molecular formula is C26H20FN5O5. The van der Waals surface area contributed by atoms with Crippen LogP contribution in [0.4, 0.5) is 10.1 Å². The fourth-order valence-electron chi connectivity index (χ4n) is 4.14. The number of hydrogen-bond acceptors (Lipinski definition) is 6. The Morgan fingerprint density at radius 3 is 2.38 bits per heavy atom. The summed E-state index contributed by atoms with van der Waals surface area (Å²) in [5.74, 6) is 0.154. The van der Waals surface area contributed by atoms with Gasteiger partial charge in [-0.3, -0.25) is 19.5 Å². The fourth-order valence-corrected chi connectivity index (χ4v) is 4.14. The molecule has 0 aliphatic carbocycles. The van der Waals surface area contributed by atoms with Crippen LogP contribution in [0.1, 0.15) is 11.1 Å². The lowest BCUT2D eigenvalue weighted by molar-refractivity contribution is -0.384. The summed E-state index contributed by atoms with van der Waals surface area (Å²) in [6.45, 7) is 0.0817. The highest BCUT2D eigenvalue weighted by atomic mass is 19.1. The van der Waals surface area contributed by atoms with Crippen molar-refractivity contribution in [3.63, 3.8) is 0 Å². The van der Waals surface area contributed by atoms with Crippen LogP contribution in [0.2, 0.25) is 0 Å². The molecule has 10 nitrogen and oxygen atoms in total. The number of ether oxygens (including phenoxy) is 1. The second-order valence-electron chi connectivity index (χ2n) is 8.31. The highest BCUT2D eigenvalue weighted by molar-refractivity contribution is 5.72. The average molecular weight is 501 g/mol. The monoisotopic (exact) mass is 501 g/mol. The molecular weight excluding hydrogens is 481 g/mol. The Bertz CT molecular complexity index is 1740. The van der Waals surface area contributed by atoms with E-state index in [0.717, 1.165) is 4.57 Å². The van der Waals surface area contributed by atoms with Gasteiger partial charge < -0.3 is 9.30 Å². The maximum Gasteiger partial charge on any atom is 0.337 e. The fraction of sp³-hybridized carbons (Fsp3) is 0.115.